The molecule has 0 bridgehead atoms. The number of piperidine rings is 1. The van der Waals surface area contributed by atoms with E-state index in [9.17, 15) is 4.79 Å². The average molecular weight is 411 g/mol. The lowest BCUT2D eigenvalue weighted by Crippen LogP contribution is -2.41. The molecule has 0 spiro atoms. The Labute approximate surface area is 174 Å². The summed E-state index contributed by atoms with van der Waals surface area (Å²) in [6.45, 7) is 6.87. The van der Waals surface area contributed by atoms with Crippen molar-refractivity contribution in [3.63, 3.8) is 0 Å². The maximum Gasteiger partial charge on any atom is 0.257 e. The Morgan fingerprint density at radius 3 is 2.66 bits per heavy atom. The molecule has 0 aliphatic carbocycles. The zero-order valence-electron chi connectivity index (χ0n) is 16.8. The Balaban J connectivity index is 1.41. The highest BCUT2D eigenvalue weighted by molar-refractivity contribution is 7.10. The van der Waals surface area contributed by atoms with Crippen molar-refractivity contribution in [2.24, 2.45) is 5.92 Å². The lowest BCUT2D eigenvalue weighted by atomic mass is 9.97. The van der Waals surface area contributed by atoms with Crippen LogP contribution in [-0.4, -0.2) is 40.6 Å². The number of likely N-dealkylation sites (tertiary alicyclic amines) is 1. The van der Waals surface area contributed by atoms with Crippen LogP contribution in [0.4, 0.5) is 0 Å². The number of nitrogens with one attached hydrogen (secondary N) is 1. The highest BCUT2D eigenvalue weighted by Crippen LogP contribution is 2.29. The molecule has 7 heteroatoms. The number of nitrogens with zero attached hydrogens (tertiary/aromatic N) is 3. The fraction of sp³-hybridized carbons (Fsp3) is 0.409. The van der Waals surface area contributed by atoms with E-state index < -0.39 is 0 Å². The number of aromatic nitrogens is 2. The predicted molar refractivity (Wildman–Crippen MR) is 114 cm³/mol. The van der Waals surface area contributed by atoms with E-state index in [1.165, 1.54) is 17.7 Å². The third-order valence-electron chi connectivity index (χ3n) is 5.51. The molecule has 1 aromatic carbocycles. The zero-order valence-corrected chi connectivity index (χ0v) is 17.6. The minimum Gasteiger partial charge on any atom is -0.350 e. The topological polar surface area (TPSA) is 71.3 Å². The van der Waals surface area contributed by atoms with Gasteiger partial charge in [0.05, 0.1) is 6.04 Å². The summed E-state index contributed by atoms with van der Waals surface area (Å²) in [5.41, 5.74) is 1.43. The van der Waals surface area contributed by atoms with Crippen LogP contribution in [0.25, 0.3) is 11.5 Å². The molecule has 152 valence electrons. The molecule has 1 amide bonds. The molecule has 2 aromatic heterocycles. The van der Waals surface area contributed by atoms with E-state index in [2.05, 4.69) is 44.8 Å². The molecule has 0 saturated carbocycles. The van der Waals surface area contributed by atoms with Crippen molar-refractivity contribution in [3.05, 3.63) is 58.0 Å². The second-order valence-corrected chi connectivity index (χ2v) is 8.66. The molecular formula is C22H26N4O2S. The fourth-order valence-electron chi connectivity index (χ4n) is 3.70. The Morgan fingerprint density at radius 1 is 1.28 bits per heavy atom. The highest BCUT2D eigenvalue weighted by atomic mass is 32.1. The van der Waals surface area contributed by atoms with Gasteiger partial charge in [-0.1, -0.05) is 18.1 Å². The van der Waals surface area contributed by atoms with Gasteiger partial charge in [-0.25, -0.2) is 0 Å². The number of aryl methyl sites for hydroxylation is 1. The fourth-order valence-corrected chi connectivity index (χ4v) is 4.56. The second kappa shape index (κ2) is 8.88. The van der Waals surface area contributed by atoms with E-state index in [0.29, 0.717) is 23.8 Å². The molecule has 1 aliphatic heterocycles. The van der Waals surface area contributed by atoms with Crippen LogP contribution < -0.4 is 5.32 Å². The summed E-state index contributed by atoms with van der Waals surface area (Å²) < 4.78 is 5.18. The van der Waals surface area contributed by atoms with Crippen LogP contribution in [0.15, 0.2) is 46.3 Å². The largest absolute Gasteiger partial charge is 0.350 e. The standard InChI is InChI=1S/C22H26N4O2S/c1-15-9-11-26(12-10-15)19(20-4-3-13-29-20)14-23-21(27)17-5-7-18(8-6-17)22-24-16(2)25-28-22/h3-8,13,15,19H,9-12,14H2,1-2H3,(H,23,27)/t19-/m0/s1. The molecule has 3 aromatic rings. The van der Waals surface area contributed by atoms with Gasteiger partial charge in [-0.2, -0.15) is 4.98 Å². The molecule has 1 saturated heterocycles. The molecule has 1 fully saturated rings. The van der Waals surface area contributed by atoms with Gasteiger partial charge >= 0.3 is 0 Å². The van der Waals surface area contributed by atoms with Crippen molar-refractivity contribution in [1.82, 2.24) is 20.4 Å². The number of rotatable bonds is 6. The van der Waals surface area contributed by atoms with Gasteiger partial charge in [0, 0.05) is 22.5 Å². The first-order chi connectivity index (χ1) is 14.1. The van der Waals surface area contributed by atoms with Crippen LogP contribution in [0.3, 0.4) is 0 Å². The first-order valence-corrected chi connectivity index (χ1v) is 10.9. The third kappa shape index (κ3) is 4.74. The van der Waals surface area contributed by atoms with Crippen LogP contribution in [-0.2, 0) is 0 Å². The van der Waals surface area contributed by atoms with Crippen LogP contribution in [0.1, 0.15) is 46.9 Å². The molecule has 29 heavy (non-hydrogen) atoms. The molecule has 3 heterocycles. The van der Waals surface area contributed by atoms with Gasteiger partial charge in [0.15, 0.2) is 5.82 Å². The number of amides is 1. The monoisotopic (exact) mass is 410 g/mol. The summed E-state index contributed by atoms with van der Waals surface area (Å²) in [6, 6.07) is 11.8. The Hall–Kier alpha value is -2.51. The summed E-state index contributed by atoms with van der Waals surface area (Å²) in [5, 5.41) is 9.04. The maximum atomic E-state index is 12.7. The first kappa shape index (κ1) is 19.8. The van der Waals surface area contributed by atoms with E-state index >= 15 is 0 Å². The SMILES string of the molecule is Cc1noc(-c2ccc(C(=O)NC[C@@H](c3cccs3)N3CCC(C)CC3)cc2)n1. The summed E-state index contributed by atoms with van der Waals surface area (Å²) in [7, 11) is 0. The molecule has 4 rings (SSSR count). The molecular weight excluding hydrogens is 384 g/mol. The quantitative estimate of drug-likeness (QED) is 0.656. The van der Waals surface area contributed by atoms with Gasteiger partial charge in [0.25, 0.3) is 11.8 Å². The number of hydrogen-bond donors (Lipinski definition) is 1. The molecule has 6 nitrogen and oxygen atoms in total. The second-order valence-electron chi connectivity index (χ2n) is 7.68. The number of benzene rings is 1. The highest BCUT2D eigenvalue weighted by Gasteiger charge is 2.25. The van der Waals surface area contributed by atoms with Crippen LogP contribution in [0.5, 0.6) is 0 Å². The van der Waals surface area contributed by atoms with Gasteiger partial charge in [0.1, 0.15) is 0 Å². The van der Waals surface area contributed by atoms with Gasteiger partial charge in [-0.3, -0.25) is 9.69 Å². The number of thiophene rings is 1. The van der Waals surface area contributed by atoms with Crippen molar-refractivity contribution >= 4 is 17.2 Å². The lowest BCUT2D eigenvalue weighted by molar-refractivity contribution is 0.0915. The van der Waals surface area contributed by atoms with E-state index in [1.54, 1.807) is 30.4 Å². The number of carbonyl (C=O) groups excluding carboxylic acids is 1. The van der Waals surface area contributed by atoms with Crippen LogP contribution in [0, 0.1) is 12.8 Å². The molecule has 0 radical (unpaired) electrons. The van der Waals surface area contributed by atoms with Gasteiger partial charge in [0.2, 0.25) is 0 Å². The van der Waals surface area contributed by atoms with E-state index in [-0.39, 0.29) is 11.9 Å². The minimum atomic E-state index is -0.0646. The molecule has 0 unspecified atom stereocenters. The number of carbonyl (C=O) groups is 1. The van der Waals surface area contributed by atoms with Gasteiger partial charge in [-0.15, -0.1) is 11.3 Å². The van der Waals surface area contributed by atoms with Gasteiger partial charge < -0.3 is 9.84 Å². The van der Waals surface area contributed by atoms with E-state index in [4.69, 9.17) is 4.52 Å². The average Bonchev–Trinajstić information content (AvgIpc) is 3.41. The normalized spacial score (nSPS) is 16.6. The molecule has 1 aliphatic rings. The van der Waals surface area contributed by atoms with Gasteiger partial charge in [-0.05, 0) is 74.5 Å². The summed E-state index contributed by atoms with van der Waals surface area (Å²) in [6.07, 6.45) is 2.43. The smallest absolute Gasteiger partial charge is 0.257 e. The Bertz CT molecular complexity index is 928. The van der Waals surface area contributed by atoms with Crippen molar-refractivity contribution < 1.29 is 9.32 Å². The molecule has 1 N–H and O–H groups in total. The zero-order chi connectivity index (χ0) is 20.2. The first-order valence-electron chi connectivity index (χ1n) is 10.1. The maximum absolute atomic E-state index is 12.7. The summed E-state index contributed by atoms with van der Waals surface area (Å²) in [5.74, 6) is 1.77. The number of hydrogen-bond acceptors (Lipinski definition) is 6. The van der Waals surface area contributed by atoms with E-state index in [0.717, 1.165) is 24.6 Å². The van der Waals surface area contributed by atoms with Crippen LogP contribution >= 0.6 is 11.3 Å². The summed E-state index contributed by atoms with van der Waals surface area (Å²) >= 11 is 1.76. The minimum absolute atomic E-state index is 0.0646. The Morgan fingerprint density at radius 2 is 2.03 bits per heavy atom. The lowest BCUT2D eigenvalue weighted by Gasteiger charge is -2.36. The van der Waals surface area contributed by atoms with Crippen molar-refractivity contribution in [1.29, 1.82) is 0 Å². The predicted octanol–water partition coefficient (Wildman–Crippen LogP) is 4.31. The van der Waals surface area contributed by atoms with Crippen molar-refractivity contribution in [3.8, 4) is 11.5 Å². The molecule has 1 atom stereocenters. The van der Waals surface area contributed by atoms with Crippen molar-refractivity contribution in [2.45, 2.75) is 32.7 Å². The Kier molecular flexibility index (Phi) is 6.06. The van der Waals surface area contributed by atoms with Crippen molar-refractivity contribution in [2.75, 3.05) is 19.6 Å². The van der Waals surface area contributed by atoms with Crippen LogP contribution in [0.2, 0.25) is 0 Å². The third-order valence-corrected chi connectivity index (χ3v) is 6.48. The summed E-state index contributed by atoms with van der Waals surface area (Å²) in [4.78, 5) is 20.8. The van der Waals surface area contributed by atoms with E-state index in [1.807, 2.05) is 12.1 Å².